The van der Waals surface area contributed by atoms with Gasteiger partial charge >= 0.3 is 6.09 Å². The largest absolute Gasteiger partial charge is 0.441 e. The standard InChI is InChI=1S/C9H17NO2/c1-5-9(7(2)3)6-10(4)8(11)12-9/h7H,5-6H2,1-4H3/t9-/m0/s1. The summed E-state index contributed by atoms with van der Waals surface area (Å²) < 4.78 is 5.36. The molecule has 70 valence electrons. The van der Waals surface area contributed by atoms with Crippen molar-refractivity contribution in [3.63, 3.8) is 0 Å². The second-order valence-electron chi connectivity index (χ2n) is 3.80. The first-order chi connectivity index (χ1) is 5.52. The molecule has 1 saturated heterocycles. The van der Waals surface area contributed by atoms with Gasteiger partial charge in [0, 0.05) is 7.05 Å². The third-order valence-electron chi connectivity index (χ3n) is 2.76. The molecule has 0 aromatic heterocycles. The van der Waals surface area contributed by atoms with E-state index in [1.165, 1.54) is 0 Å². The summed E-state index contributed by atoms with van der Waals surface area (Å²) in [4.78, 5) is 12.8. The lowest BCUT2D eigenvalue weighted by Crippen LogP contribution is -2.38. The molecule has 1 amide bonds. The fourth-order valence-electron chi connectivity index (χ4n) is 1.64. The van der Waals surface area contributed by atoms with Crippen LogP contribution in [0.15, 0.2) is 0 Å². The number of rotatable bonds is 2. The molecule has 0 bridgehead atoms. The predicted octanol–water partition coefficient (Wildman–Crippen LogP) is 1.87. The summed E-state index contributed by atoms with van der Waals surface area (Å²) in [5.74, 6) is 0.386. The molecule has 0 unspecified atom stereocenters. The molecule has 0 saturated carbocycles. The second-order valence-corrected chi connectivity index (χ2v) is 3.80. The van der Waals surface area contributed by atoms with Crippen molar-refractivity contribution < 1.29 is 9.53 Å². The van der Waals surface area contributed by atoms with Crippen LogP contribution in [0.5, 0.6) is 0 Å². The number of nitrogens with zero attached hydrogens (tertiary/aromatic N) is 1. The average Bonchev–Trinajstić information content (AvgIpc) is 2.29. The number of carbonyl (C=O) groups excluding carboxylic acids is 1. The molecule has 1 aliphatic rings. The van der Waals surface area contributed by atoms with Gasteiger partial charge in [0.05, 0.1) is 6.54 Å². The quantitative estimate of drug-likeness (QED) is 0.634. The van der Waals surface area contributed by atoms with Crippen molar-refractivity contribution >= 4 is 6.09 Å². The molecule has 1 aliphatic heterocycles. The first-order valence-corrected chi connectivity index (χ1v) is 4.46. The smallest absolute Gasteiger partial charge is 0.410 e. The SMILES string of the molecule is CC[C@@]1(C(C)C)CN(C)C(=O)O1. The Hall–Kier alpha value is -0.730. The molecule has 0 aromatic rings. The molecule has 0 radical (unpaired) electrons. The number of carbonyl (C=O) groups is 1. The molecule has 0 N–H and O–H groups in total. The van der Waals surface area contributed by atoms with Crippen LogP contribution in [0.25, 0.3) is 0 Å². The van der Waals surface area contributed by atoms with E-state index in [-0.39, 0.29) is 11.7 Å². The van der Waals surface area contributed by atoms with Gasteiger partial charge in [-0.1, -0.05) is 20.8 Å². The van der Waals surface area contributed by atoms with Crippen LogP contribution >= 0.6 is 0 Å². The number of ether oxygens (including phenoxy) is 1. The monoisotopic (exact) mass is 171 g/mol. The van der Waals surface area contributed by atoms with E-state index < -0.39 is 0 Å². The Morgan fingerprint density at radius 1 is 1.67 bits per heavy atom. The van der Waals surface area contributed by atoms with Crippen molar-refractivity contribution in [2.24, 2.45) is 5.92 Å². The highest BCUT2D eigenvalue weighted by Crippen LogP contribution is 2.32. The highest BCUT2D eigenvalue weighted by atomic mass is 16.6. The first-order valence-electron chi connectivity index (χ1n) is 4.46. The Morgan fingerprint density at radius 3 is 2.42 bits per heavy atom. The van der Waals surface area contributed by atoms with Crippen LogP contribution in [0.2, 0.25) is 0 Å². The van der Waals surface area contributed by atoms with E-state index in [1.807, 2.05) is 0 Å². The summed E-state index contributed by atoms with van der Waals surface area (Å²) >= 11 is 0. The predicted molar refractivity (Wildman–Crippen MR) is 47.0 cm³/mol. The molecule has 3 nitrogen and oxygen atoms in total. The van der Waals surface area contributed by atoms with E-state index in [0.29, 0.717) is 5.92 Å². The highest BCUT2D eigenvalue weighted by molar-refractivity contribution is 5.70. The average molecular weight is 171 g/mol. The van der Waals surface area contributed by atoms with E-state index >= 15 is 0 Å². The number of hydrogen-bond donors (Lipinski definition) is 0. The molecule has 3 heteroatoms. The summed E-state index contributed by atoms with van der Waals surface area (Å²) in [5, 5.41) is 0. The zero-order valence-corrected chi connectivity index (χ0v) is 8.26. The van der Waals surface area contributed by atoms with E-state index in [0.717, 1.165) is 13.0 Å². The van der Waals surface area contributed by atoms with Gasteiger partial charge in [-0.05, 0) is 12.3 Å². The van der Waals surface area contributed by atoms with Crippen LogP contribution in [0, 0.1) is 5.92 Å². The van der Waals surface area contributed by atoms with Crippen molar-refractivity contribution in [1.29, 1.82) is 0 Å². The van der Waals surface area contributed by atoms with Crippen LogP contribution in [0.3, 0.4) is 0 Å². The minimum atomic E-state index is -0.244. The minimum absolute atomic E-state index is 0.189. The second kappa shape index (κ2) is 2.96. The topological polar surface area (TPSA) is 29.5 Å². The number of cyclic esters (lactones) is 1. The van der Waals surface area contributed by atoms with E-state index in [2.05, 4.69) is 20.8 Å². The lowest BCUT2D eigenvalue weighted by Gasteiger charge is -2.29. The summed E-state index contributed by atoms with van der Waals surface area (Å²) in [6, 6.07) is 0. The number of amides is 1. The lowest BCUT2D eigenvalue weighted by molar-refractivity contribution is 0.0152. The molecule has 0 aromatic carbocycles. The zero-order valence-electron chi connectivity index (χ0n) is 8.26. The van der Waals surface area contributed by atoms with E-state index in [1.54, 1.807) is 11.9 Å². The van der Waals surface area contributed by atoms with Crippen LogP contribution in [-0.2, 0) is 4.74 Å². The van der Waals surface area contributed by atoms with Crippen molar-refractivity contribution in [3.8, 4) is 0 Å². The van der Waals surface area contributed by atoms with Crippen molar-refractivity contribution in [2.45, 2.75) is 32.8 Å². The van der Waals surface area contributed by atoms with Crippen molar-refractivity contribution in [2.75, 3.05) is 13.6 Å². The Bertz CT molecular complexity index is 191. The van der Waals surface area contributed by atoms with Gasteiger partial charge in [0.25, 0.3) is 0 Å². The molecule has 0 aliphatic carbocycles. The fraction of sp³-hybridized carbons (Fsp3) is 0.889. The van der Waals surface area contributed by atoms with E-state index in [4.69, 9.17) is 4.74 Å². The Balaban J connectivity index is 2.78. The maximum absolute atomic E-state index is 11.2. The maximum Gasteiger partial charge on any atom is 0.410 e. The van der Waals surface area contributed by atoms with Crippen LogP contribution in [0.1, 0.15) is 27.2 Å². The highest BCUT2D eigenvalue weighted by Gasteiger charge is 2.44. The summed E-state index contributed by atoms with van der Waals surface area (Å²) in [7, 11) is 1.78. The van der Waals surface area contributed by atoms with Crippen molar-refractivity contribution in [1.82, 2.24) is 4.90 Å². The minimum Gasteiger partial charge on any atom is -0.441 e. The molecule has 1 rings (SSSR count). The summed E-state index contributed by atoms with van der Waals surface area (Å²) in [6.07, 6.45) is 0.700. The van der Waals surface area contributed by atoms with Gasteiger partial charge in [0.15, 0.2) is 0 Å². The Kier molecular flexibility index (Phi) is 2.31. The number of likely N-dealkylation sites (N-methyl/N-ethyl adjacent to an activating group) is 1. The van der Waals surface area contributed by atoms with Gasteiger partial charge in [0.1, 0.15) is 5.60 Å². The van der Waals surface area contributed by atoms with Crippen LogP contribution in [0.4, 0.5) is 4.79 Å². The molecule has 12 heavy (non-hydrogen) atoms. The normalized spacial score (nSPS) is 29.8. The van der Waals surface area contributed by atoms with Gasteiger partial charge in [-0.25, -0.2) is 4.79 Å². The van der Waals surface area contributed by atoms with Crippen LogP contribution in [-0.4, -0.2) is 30.2 Å². The summed E-state index contributed by atoms with van der Waals surface area (Å²) in [6.45, 7) is 6.97. The fourth-order valence-corrected chi connectivity index (χ4v) is 1.64. The number of hydrogen-bond acceptors (Lipinski definition) is 2. The maximum atomic E-state index is 11.2. The molecule has 1 atom stereocenters. The van der Waals surface area contributed by atoms with Gasteiger partial charge in [-0.15, -0.1) is 0 Å². The van der Waals surface area contributed by atoms with Gasteiger partial charge in [0.2, 0.25) is 0 Å². The lowest BCUT2D eigenvalue weighted by atomic mass is 9.88. The van der Waals surface area contributed by atoms with Crippen LogP contribution < -0.4 is 0 Å². The van der Waals surface area contributed by atoms with Gasteiger partial charge in [-0.2, -0.15) is 0 Å². The Morgan fingerprint density at radius 2 is 2.25 bits per heavy atom. The molecule has 1 heterocycles. The summed E-state index contributed by atoms with van der Waals surface area (Å²) in [5.41, 5.74) is -0.244. The van der Waals surface area contributed by atoms with Crippen molar-refractivity contribution in [3.05, 3.63) is 0 Å². The molecular weight excluding hydrogens is 154 g/mol. The van der Waals surface area contributed by atoms with E-state index in [9.17, 15) is 4.79 Å². The first kappa shape index (κ1) is 9.36. The zero-order chi connectivity index (χ0) is 9.35. The Labute approximate surface area is 73.7 Å². The van der Waals surface area contributed by atoms with Gasteiger partial charge < -0.3 is 9.64 Å². The molecule has 0 spiro atoms. The molecule has 1 fully saturated rings. The third-order valence-corrected chi connectivity index (χ3v) is 2.76. The van der Waals surface area contributed by atoms with Gasteiger partial charge in [-0.3, -0.25) is 0 Å². The molecular formula is C9H17NO2. The third kappa shape index (κ3) is 1.28.